The predicted octanol–water partition coefficient (Wildman–Crippen LogP) is 8.37. The molecule has 0 aromatic rings. The SMILES string of the molecule is C=CCOCOC(=O)C(CCCC)CCCCCCCCCCCCCCCC. The Balaban J connectivity index is 3.59. The van der Waals surface area contributed by atoms with Crippen LogP contribution >= 0.6 is 0 Å². The van der Waals surface area contributed by atoms with Crippen LogP contribution in [0.4, 0.5) is 0 Å². The van der Waals surface area contributed by atoms with E-state index in [9.17, 15) is 4.79 Å². The molecule has 0 saturated carbocycles. The van der Waals surface area contributed by atoms with E-state index in [1.807, 2.05) is 0 Å². The lowest BCUT2D eigenvalue weighted by Gasteiger charge is -2.15. The highest BCUT2D eigenvalue weighted by atomic mass is 16.7. The van der Waals surface area contributed by atoms with Gasteiger partial charge < -0.3 is 9.47 Å². The fraction of sp³-hybridized carbons (Fsp3) is 0.885. The molecule has 3 heteroatoms. The minimum atomic E-state index is -0.0859. The van der Waals surface area contributed by atoms with Crippen molar-refractivity contribution in [3.05, 3.63) is 12.7 Å². The Morgan fingerprint density at radius 3 is 1.66 bits per heavy atom. The number of rotatable bonds is 23. The Morgan fingerprint density at radius 1 is 0.724 bits per heavy atom. The zero-order valence-corrected chi connectivity index (χ0v) is 19.7. The summed E-state index contributed by atoms with van der Waals surface area (Å²) in [6, 6.07) is 0. The van der Waals surface area contributed by atoms with Gasteiger partial charge in [0.05, 0.1) is 12.5 Å². The Morgan fingerprint density at radius 2 is 1.17 bits per heavy atom. The van der Waals surface area contributed by atoms with Crippen molar-refractivity contribution in [1.29, 1.82) is 0 Å². The second kappa shape index (κ2) is 23.4. The first-order chi connectivity index (χ1) is 14.3. The van der Waals surface area contributed by atoms with Crippen molar-refractivity contribution in [2.24, 2.45) is 5.92 Å². The van der Waals surface area contributed by atoms with Crippen LogP contribution in [0.2, 0.25) is 0 Å². The first kappa shape index (κ1) is 28.2. The molecule has 0 aromatic carbocycles. The number of ether oxygens (including phenoxy) is 2. The molecule has 0 radical (unpaired) electrons. The van der Waals surface area contributed by atoms with Gasteiger partial charge in [-0.3, -0.25) is 4.79 Å². The molecule has 0 saturated heterocycles. The van der Waals surface area contributed by atoms with Crippen LogP contribution in [0.5, 0.6) is 0 Å². The topological polar surface area (TPSA) is 35.5 Å². The fourth-order valence-corrected chi connectivity index (χ4v) is 3.76. The maximum atomic E-state index is 12.2. The highest BCUT2D eigenvalue weighted by Crippen LogP contribution is 2.20. The average Bonchev–Trinajstić information content (AvgIpc) is 2.73. The summed E-state index contributed by atoms with van der Waals surface area (Å²) in [6.45, 7) is 8.51. The molecular formula is C26H50O3. The highest BCUT2D eigenvalue weighted by Gasteiger charge is 2.19. The van der Waals surface area contributed by atoms with Crippen LogP contribution in [0.15, 0.2) is 12.7 Å². The van der Waals surface area contributed by atoms with Gasteiger partial charge in [0.15, 0.2) is 6.79 Å². The van der Waals surface area contributed by atoms with Gasteiger partial charge in [0.1, 0.15) is 0 Å². The summed E-state index contributed by atoms with van der Waals surface area (Å²) >= 11 is 0. The number of unbranched alkanes of at least 4 members (excludes halogenated alkanes) is 14. The van der Waals surface area contributed by atoms with E-state index in [4.69, 9.17) is 9.47 Å². The van der Waals surface area contributed by atoms with Crippen LogP contribution < -0.4 is 0 Å². The van der Waals surface area contributed by atoms with Crippen LogP contribution in [0.25, 0.3) is 0 Å². The molecule has 0 bridgehead atoms. The van der Waals surface area contributed by atoms with Crippen molar-refractivity contribution >= 4 is 5.97 Å². The Labute approximate surface area is 182 Å². The largest absolute Gasteiger partial charge is 0.438 e. The lowest BCUT2D eigenvalue weighted by atomic mass is 9.95. The van der Waals surface area contributed by atoms with Crippen LogP contribution in [-0.4, -0.2) is 19.4 Å². The zero-order chi connectivity index (χ0) is 21.4. The van der Waals surface area contributed by atoms with Gasteiger partial charge in [-0.25, -0.2) is 0 Å². The molecule has 0 heterocycles. The Hall–Kier alpha value is -0.830. The van der Waals surface area contributed by atoms with Crippen molar-refractivity contribution in [1.82, 2.24) is 0 Å². The second-order valence-corrected chi connectivity index (χ2v) is 8.46. The Bertz CT molecular complexity index is 354. The standard InChI is InChI=1S/C26H50O3/c1-4-7-9-10-11-12-13-14-15-16-17-18-19-20-22-25(21-8-5-2)26(27)29-24-28-23-6-3/h6,25H,3-5,7-24H2,1-2H3. The summed E-state index contributed by atoms with van der Waals surface area (Å²) in [5, 5.41) is 0. The molecule has 1 unspecified atom stereocenters. The van der Waals surface area contributed by atoms with Gasteiger partial charge in [-0.15, -0.1) is 6.58 Å². The van der Waals surface area contributed by atoms with Crippen LogP contribution in [-0.2, 0) is 14.3 Å². The van der Waals surface area contributed by atoms with Crippen LogP contribution in [0.1, 0.15) is 129 Å². The number of hydrogen-bond acceptors (Lipinski definition) is 3. The van der Waals surface area contributed by atoms with Crippen molar-refractivity contribution in [2.75, 3.05) is 13.4 Å². The van der Waals surface area contributed by atoms with Crippen molar-refractivity contribution in [3.8, 4) is 0 Å². The summed E-state index contributed by atoms with van der Waals surface area (Å²) < 4.78 is 10.4. The van der Waals surface area contributed by atoms with E-state index in [1.165, 1.54) is 83.5 Å². The van der Waals surface area contributed by atoms with E-state index in [0.717, 1.165) is 32.1 Å². The highest BCUT2D eigenvalue weighted by molar-refractivity contribution is 5.72. The van der Waals surface area contributed by atoms with E-state index in [1.54, 1.807) is 6.08 Å². The molecule has 1 atom stereocenters. The molecule has 0 amide bonds. The summed E-state index contributed by atoms with van der Waals surface area (Å²) in [7, 11) is 0. The van der Waals surface area contributed by atoms with Gasteiger partial charge in [-0.2, -0.15) is 0 Å². The lowest BCUT2D eigenvalue weighted by Crippen LogP contribution is -2.19. The summed E-state index contributed by atoms with van der Waals surface area (Å²) in [4.78, 5) is 12.2. The van der Waals surface area contributed by atoms with E-state index >= 15 is 0 Å². The maximum absolute atomic E-state index is 12.2. The molecule has 0 rings (SSSR count). The van der Waals surface area contributed by atoms with Crippen molar-refractivity contribution in [3.63, 3.8) is 0 Å². The monoisotopic (exact) mass is 410 g/mol. The smallest absolute Gasteiger partial charge is 0.311 e. The summed E-state index contributed by atoms with van der Waals surface area (Å²) in [5.41, 5.74) is 0. The van der Waals surface area contributed by atoms with Gasteiger partial charge in [0, 0.05) is 0 Å². The number of carbonyl (C=O) groups excluding carboxylic acids is 1. The number of hydrogen-bond donors (Lipinski definition) is 0. The third-order valence-electron chi connectivity index (χ3n) is 5.67. The average molecular weight is 411 g/mol. The van der Waals surface area contributed by atoms with Crippen LogP contribution in [0, 0.1) is 5.92 Å². The molecule has 172 valence electrons. The van der Waals surface area contributed by atoms with Gasteiger partial charge in [0.2, 0.25) is 0 Å². The second-order valence-electron chi connectivity index (χ2n) is 8.46. The third kappa shape index (κ3) is 20.2. The molecule has 0 spiro atoms. The van der Waals surface area contributed by atoms with E-state index in [0.29, 0.717) is 6.61 Å². The molecule has 0 aromatic heterocycles. The third-order valence-corrected chi connectivity index (χ3v) is 5.67. The molecule has 0 fully saturated rings. The van der Waals surface area contributed by atoms with Crippen molar-refractivity contribution in [2.45, 2.75) is 129 Å². The van der Waals surface area contributed by atoms with E-state index in [-0.39, 0.29) is 18.7 Å². The first-order valence-corrected chi connectivity index (χ1v) is 12.6. The normalized spacial score (nSPS) is 12.1. The maximum Gasteiger partial charge on any atom is 0.311 e. The quantitative estimate of drug-likeness (QED) is 0.0734. The predicted molar refractivity (Wildman–Crippen MR) is 125 cm³/mol. The minimum absolute atomic E-state index is 0.0413. The fourth-order valence-electron chi connectivity index (χ4n) is 3.76. The minimum Gasteiger partial charge on any atom is -0.438 e. The van der Waals surface area contributed by atoms with Gasteiger partial charge in [-0.1, -0.05) is 123 Å². The zero-order valence-electron chi connectivity index (χ0n) is 19.7. The van der Waals surface area contributed by atoms with Gasteiger partial charge in [0.25, 0.3) is 0 Å². The Kier molecular flexibility index (Phi) is 22.8. The number of carbonyl (C=O) groups is 1. The number of esters is 1. The molecular weight excluding hydrogens is 360 g/mol. The molecule has 0 N–H and O–H groups in total. The van der Waals surface area contributed by atoms with Crippen molar-refractivity contribution < 1.29 is 14.3 Å². The van der Waals surface area contributed by atoms with Gasteiger partial charge in [-0.05, 0) is 12.8 Å². The molecule has 0 aliphatic heterocycles. The van der Waals surface area contributed by atoms with E-state index in [2.05, 4.69) is 20.4 Å². The van der Waals surface area contributed by atoms with Crippen LogP contribution in [0.3, 0.4) is 0 Å². The molecule has 0 aliphatic carbocycles. The van der Waals surface area contributed by atoms with Gasteiger partial charge >= 0.3 is 5.97 Å². The lowest BCUT2D eigenvalue weighted by molar-refractivity contribution is -0.160. The molecule has 29 heavy (non-hydrogen) atoms. The summed E-state index contributed by atoms with van der Waals surface area (Å²) in [5.74, 6) is -0.0446. The molecule has 0 aliphatic rings. The summed E-state index contributed by atoms with van der Waals surface area (Å²) in [6.07, 6.45) is 24.9. The van der Waals surface area contributed by atoms with E-state index < -0.39 is 0 Å². The molecule has 3 nitrogen and oxygen atoms in total. The first-order valence-electron chi connectivity index (χ1n) is 12.6.